The normalized spacial score (nSPS) is 13.1. The Kier molecular flexibility index (Phi) is 9.14. The van der Waals surface area contributed by atoms with Crippen LogP contribution in [0.2, 0.25) is 18.1 Å². The number of pyridine rings is 2. The summed E-state index contributed by atoms with van der Waals surface area (Å²) in [4.78, 5) is 19.6. The number of fused-ring (bicyclic) bond motifs is 2. The van der Waals surface area contributed by atoms with Crippen LogP contribution in [0.3, 0.4) is 0 Å². The third kappa shape index (κ3) is 7.13. The third-order valence-corrected chi connectivity index (χ3v) is 12.9. The van der Waals surface area contributed by atoms with Gasteiger partial charge in [-0.25, -0.2) is 0 Å². The predicted octanol–water partition coefficient (Wildman–Crippen LogP) is 7.00. The fourth-order valence-electron chi connectivity index (χ4n) is 3.60. The molecule has 0 saturated heterocycles. The summed E-state index contributed by atoms with van der Waals surface area (Å²) in [5.41, 5.74) is 5.71. The van der Waals surface area contributed by atoms with Crippen molar-refractivity contribution < 1.29 is 9.22 Å². The smallest absolute Gasteiger partial charge is 0.192 e. The predicted molar refractivity (Wildman–Crippen MR) is 158 cm³/mol. The summed E-state index contributed by atoms with van der Waals surface area (Å²) in [6, 6.07) is 0. The Morgan fingerprint density at radius 2 is 1.43 bits per heavy atom. The number of hydrogen-bond acceptors (Lipinski definition) is 6. The number of aromatic nitrogens is 6. The van der Waals surface area contributed by atoms with Crippen molar-refractivity contribution in [1.29, 1.82) is 0 Å². The molecular formula is C26H36Br2N6O2Si. The van der Waals surface area contributed by atoms with Crippen LogP contribution in [0.5, 0.6) is 0 Å². The van der Waals surface area contributed by atoms with Crippen LogP contribution in [0.25, 0.3) is 22.1 Å². The van der Waals surface area contributed by atoms with Gasteiger partial charge in [0.1, 0.15) is 22.1 Å². The summed E-state index contributed by atoms with van der Waals surface area (Å²) >= 11 is 6.90. The first kappa shape index (κ1) is 29.6. The maximum Gasteiger partial charge on any atom is 0.192 e. The van der Waals surface area contributed by atoms with Crippen molar-refractivity contribution in [2.24, 2.45) is 0 Å². The monoisotopic (exact) mass is 650 g/mol. The summed E-state index contributed by atoms with van der Waals surface area (Å²) in [6.07, 6.45) is 7.51. The van der Waals surface area contributed by atoms with Crippen LogP contribution in [-0.4, -0.2) is 49.7 Å². The number of rotatable bonds is 6. The van der Waals surface area contributed by atoms with Gasteiger partial charge in [0.2, 0.25) is 0 Å². The fourth-order valence-corrected chi connectivity index (χ4v) is 5.61. The molecule has 4 aromatic heterocycles. The molecule has 0 N–H and O–H groups in total. The second kappa shape index (κ2) is 11.4. The number of ketones is 1. The number of halogens is 2. The van der Waals surface area contributed by atoms with E-state index < -0.39 is 8.32 Å². The van der Waals surface area contributed by atoms with Crippen LogP contribution in [0.15, 0.2) is 33.7 Å². The highest BCUT2D eigenvalue weighted by Gasteiger charge is 2.38. The number of carbonyl (C=O) groups excluding carboxylic acids is 1. The molecule has 0 radical (unpaired) electrons. The molecule has 0 saturated carbocycles. The zero-order valence-electron chi connectivity index (χ0n) is 23.1. The highest BCUT2D eigenvalue weighted by molar-refractivity contribution is 9.10. The molecule has 0 fully saturated rings. The van der Waals surface area contributed by atoms with Gasteiger partial charge in [-0.3, -0.25) is 24.1 Å². The molecule has 1 atom stereocenters. The van der Waals surface area contributed by atoms with Crippen molar-refractivity contribution in [2.75, 3.05) is 0 Å². The zero-order chi connectivity index (χ0) is 27.7. The molecule has 0 aromatic carbocycles. The Morgan fingerprint density at radius 3 is 1.89 bits per heavy atom. The first-order valence-electron chi connectivity index (χ1n) is 12.2. The van der Waals surface area contributed by atoms with Crippen LogP contribution in [0, 0.1) is 13.8 Å². The van der Waals surface area contributed by atoms with Gasteiger partial charge in [0.15, 0.2) is 14.1 Å². The van der Waals surface area contributed by atoms with E-state index in [1.165, 1.54) is 0 Å². The lowest BCUT2D eigenvalue weighted by molar-refractivity contribution is -0.117. The molecule has 11 heteroatoms. The Balaban J connectivity index is 0.000000220. The maximum atomic E-state index is 11.0. The van der Waals surface area contributed by atoms with Gasteiger partial charge in [0, 0.05) is 21.3 Å². The highest BCUT2D eigenvalue weighted by Crippen LogP contribution is 2.37. The van der Waals surface area contributed by atoms with E-state index >= 15 is 0 Å². The van der Waals surface area contributed by atoms with E-state index in [0.29, 0.717) is 6.54 Å². The van der Waals surface area contributed by atoms with Crippen LogP contribution in [-0.2, 0) is 22.3 Å². The van der Waals surface area contributed by atoms with Gasteiger partial charge in [-0.2, -0.15) is 10.2 Å². The Labute approximate surface area is 236 Å². The Morgan fingerprint density at radius 1 is 0.973 bits per heavy atom. The van der Waals surface area contributed by atoms with E-state index in [4.69, 9.17) is 4.43 Å². The summed E-state index contributed by atoms with van der Waals surface area (Å²) in [6.45, 7) is 20.1. The van der Waals surface area contributed by atoms with E-state index in [1.807, 2.05) is 24.0 Å². The van der Waals surface area contributed by atoms with Crippen LogP contribution in [0.4, 0.5) is 0 Å². The Hall–Kier alpha value is -1.95. The number of aryl methyl sites for hydroxylation is 2. The zero-order valence-corrected chi connectivity index (χ0v) is 27.2. The molecule has 8 nitrogen and oxygen atoms in total. The van der Waals surface area contributed by atoms with Crippen molar-refractivity contribution in [3.63, 3.8) is 0 Å². The van der Waals surface area contributed by atoms with Crippen molar-refractivity contribution in [3.05, 3.63) is 44.9 Å². The molecule has 200 valence electrons. The van der Waals surface area contributed by atoms with Crippen molar-refractivity contribution in [2.45, 2.75) is 85.8 Å². The van der Waals surface area contributed by atoms with Gasteiger partial charge in [-0.15, -0.1) is 0 Å². The minimum Gasteiger partial charge on any atom is -0.412 e. The first-order chi connectivity index (χ1) is 17.1. The summed E-state index contributed by atoms with van der Waals surface area (Å²) in [5.74, 6) is 0.0829. The number of hydrogen-bond donors (Lipinski definition) is 0. The molecule has 4 aromatic rings. The average molecular weight is 653 g/mol. The molecule has 4 rings (SSSR count). The van der Waals surface area contributed by atoms with E-state index in [9.17, 15) is 4.79 Å². The third-order valence-electron chi connectivity index (χ3n) is 6.68. The first-order valence-corrected chi connectivity index (χ1v) is 16.7. The summed E-state index contributed by atoms with van der Waals surface area (Å²) in [7, 11) is -1.74. The van der Waals surface area contributed by atoms with Gasteiger partial charge in [-0.05, 0) is 88.8 Å². The largest absolute Gasteiger partial charge is 0.412 e. The topological polar surface area (TPSA) is 87.7 Å². The van der Waals surface area contributed by atoms with Gasteiger partial charge in [-0.1, -0.05) is 20.8 Å². The summed E-state index contributed by atoms with van der Waals surface area (Å²) in [5, 5.41) is 9.20. The maximum absolute atomic E-state index is 11.0. The molecule has 37 heavy (non-hydrogen) atoms. The van der Waals surface area contributed by atoms with Crippen LogP contribution < -0.4 is 0 Å². The minimum absolute atomic E-state index is 0.0829. The molecule has 0 aliphatic rings. The quantitative estimate of drug-likeness (QED) is 0.209. The van der Waals surface area contributed by atoms with Gasteiger partial charge in [0.25, 0.3) is 0 Å². The van der Waals surface area contributed by atoms with Crippen LogP contribution in [0.1, 0.15) is 45.7 Å². The molecule has 0 spiro atoms. The SMILES string of the molecule is CC(=O)Cn1cc2ncc(Br)c(C)c2n1.Cc1c(Br)cnc2cn(CC(C)O[Si](C)(C)C(C)(C)C)nc12. The van der Waals surface area contributed by atoms with Crippen molar-refractivity contribution >= 4 is 68.0 Å². The molecular weight excluding hydrogens is 616 g/mol. The highest BCUT2D eigenvalue weighted by atomic mass is 79.9. The van der Waals surface area contributed by atoms with Gasteiger partial charge >= 0.3 is 0 Å². The minimum atomic E-state index is -1.74. The van der Waals surface area contributed by atoms with Crippen LogP contribution >= 0.6 is 31.9 Å². The van der Waals surface area contributed by atoms with E-state index in [1.54, 1.807) is 24.0 Å². The summed E-state index contributed by atoms with van der Waals surface area (Å²) < 4.78 is 11.9. The Bertz CT molecular complexity index is 1420. The van der Waals surface area contributed by atoms with E-state index in [-0.39, 0.29) is 16.9 Å². The van der Waals surface area contributed by atoms with E-state index in [0.717, 1.165) is 48.7 Å². The second-order valence-electron chi connectivity index (χ2n) is 11.0. The van der Waals surface area contributed by atoms with Gasteiger partial charge < -0.3 is 4.43 Å². The van der Waals surface area contributed by atoms with Crippen molar-refractivity contribution in [1.82, 2.24) is 29.5 Å². The lowest BCUT2D eigenvalue weighted by Gasteiger charge is -2.38. The lowest BCUT2D eigenvalue weighted by Crippen LogP contribution is -2.44. The second-order valence-corrected chi connectivity index (χ2v) is 17.5. The van der Waals surface area contributed by atoms with E-state index in [2.05, 4.69) is 99.7 Å². The van der Waals surface area contributed by atoms with Crippen molar-refractivity contribution in [3.8, 4) is 0 Å². The number of Topliss-reactive ketones (excluding diaryl/α,β-unsaturated/α-hetero) is 1. The molecule has 1 unspecified atom stereocenters. The molecule has 4 heterocycles. The number of carbonyl (C=O) groups is 1. The average Bonchev–Trinajstić information content (AvgIpc) is 3.36. The molecule has 0 aliphatic carbocycles. The molecule has 0 bridgehead atoms. The van der Waals surface area contributed by atoms with Gasteiger partial charge in [0.05, 0.1) is 31.6 Å². The molecule has 0 amide bonds. The standard InChI is InChI=1S/C16H26BrN3OSi.C10H10BrN3O/c1-11(21-22(6,7)16(3,4)5)9-20-10-14-15(19-20)12(2)13(17)8-18-14;1-6(15)4-14-5-9-10(13-14)7(2)8(11)3-12-9/h8,10-11H,9H2,1-7H3;3,5H,4H2,1-2H3. The molecule has 0 aliphatic heterocycles. The lowest BCUT2D eigenvalue weighted by atomic mass is 10.2. The number of nitrogens with zero attached hydrogens (tertiary/aromatic N) is 6. The fraction of sp³-hybridized carbons (Fsp3) is 0.500.